The highest BCUT2D eigenvalue weighted by molar-refractivity contribution is 6.25. The first-order valence-electron chi connectivity index (χ1n) is 22.8. The van der Waals surface area contributed by atoms with E-state index >= 15 is 0 Å². The second-order valence-corrected chi connectivity index (χ2v) is 17.9. The number of allylic oxidation sites excluding steroid dienone is 2. The number of hydrogen-bond acceptors (Lipinski definition) is 5. The predicted octanol–water partition coefficient (Wildman–Crippen LogP) is 14.3. The number of aromatic nitrogens is 7. The maximum absolute atomic E-state index is 5.37. The normalized spacial score (nSPS) is 15.7. The van der Waals surface area contributed by atoms with E-state index in [9.17, 15) is 0 Å². The van der Waals surface area contributed by atoms with Crippen molar-refractivity contribution >= 4 is 81.7 Å². The fraction of sp³-hybridized carbons (Fsp3) is 0.0678. The van der Waals surface area contributed by atoms with E-state index in [0.717, 1.165) is 90.1 Å². The third-order valence-electron chi connectivity index (χ3n) is 14.4. The molecule has 2 aliphatic rings. The Morgan fingerprint density at radius 2 is 0.955 bits per heavy atom. The van der Waals surface area contributed by atoms with Crippen molar-refractivity contribution in [3.63, 3.8) is 0 Å². The molecule has 0 spiro atoms. The van der Waals surface area contributed by atoms with Crippen LogP contribution in [0.4, 0.5) is 0 Å². The highest BCUT2D eigenvalue weighted by Gasteiger charge is 2.36. The molecular weight excluding hydrogens is 807 g/mol. The van der Waals surface area contributed by atoms with Crippen LogP contribution in [0.2, 0.25) is 0 Å². The Kier molecular flexibility index (Phi) is 7.33. The Hall–Kier alpha value is -8.55. The standard InChI is InChI=1S/C59H37N7/c1-2-15-39-37(13-1)38-14-3-4-16-40(38)47-31-34(25-28-42(39)47)55-62-56(35-26-29-43-45-19-8-10-22-51(45)65-53-24-12-9-21-49(53)60-59(65)48(43)32-35)64-57(63-55)36-27-30-50-54(33-36)66-52-23-11-7-18-44(52)41-17-5-6-20-46(41)58(66)61-50/h1-4,6-16,18-33,41,46H,5,17H2. The molecule has 2 atom stereocenters. The lowest BCUT2D eigenvalue weighted by molar-refractivity contribution is 0.510. The lowest BCUT2D eigenvalue weighted by atomic mass is 9.76. The van der Waals surface area contributed by atoms with Crippen LogP contribution < -0.4 is 0 Å². The van der Waals surface area contributed by atoms with Gasteiger partial charge < -0.3 is 0 Å². The predicted molar refractivity (Wildman–Crippen MR) is 268 cm³/mol. The van der Waals surface area contributed by atoms with Crippen molar-refractivity contribution in [2.24, 2.45) is 0 Å². The van der Waals surface area contributed by atoms with E-state index in [1.807, 2.05) is 0 Å². The molecule has 1 aliphatic carbocycles. The fourth-order valence-electron chi connectivity index (χ4n) is 11.4. The Morgan fingerprint density at radius 3 is 1.70 bits per heavy atom. The van der Waals surface area contributed by atoms with Crippen molar-refractivity contribution < 1.29 is 0 Å². The number of rotatable bonds is 3. The molecule has 13 aromatic rings. The molecule has 66 heavy (non-hydrogen) atoms. The Bertz CT molecular complexity index is 4240. The number of imidazole rings is 2. The van der Waals surface area contributed by atoms with Crippen LogP contribution in [0, 0.1) is 0 Å². The maximum atomic E-state index is 5.37. The van der Waals surface area contributed by atoms with Gasteiger partial charge in [-0.15, -0.1) is 0 Å². The summed E-state index contributed by atoms with van der Waals surface area (Å²) in [6.45, 7) is 0. The SMILES string of the molecule is C1=CC2c3nc4ccc(-c5nc(-c6ccc7c8ccccc8c8ccccc8c7c6)nc(-c6ccc7c8ccccc8n8c9ccccc9nc8c7c6)n5)cc4n3-c3ccccc3C2CC1. The molecule has 1 aliphatic heterocycles. The highest BCUT2D eigenvalue weighted by atomic mass is 15.1. The Balaban J connectivity index is 0.982. The van der Waals surface area contributed by atoms with Gasteiger partial charge in [-0.25, -0.2) is 24.9 Å². The monoisotopic (exact) mass is 843 g/mol. The van der Waals surface area contributed by atoms with Crippen LogP contribution >= 0.6 is 0 Å². The summed E-state index contributed by atoms with van der Waals surface area (Å²) < 4.78 is 4.66. The fourth-order valence-corrected chi connectivity index (χ4v) is 11.4. The summed E-state index contributed by atoms with van der Waals surface area (Å²) in [5.74, 6) is 3.55. The van der Waals surface area contributed by atoms with E-state index in [0.29, 0.717) is 23.4 Å². The minimum absolute atomic E-state index is 0.227. The molecule has 308 valence electrons. The van der Waals surface area contributed by atoms with Gasteiger partial charge in [0.15, 0.2) is 17.5 Å². The molecule has 15 rings (SSSR count). The first-order valence-corrected chi connectivity index (χ1v) is 22.8. The average Bonchev–Trinajstić information content (AvgIpc) is 3.98. The highest BCUT2D eigenvalue weighted by Crippen LogP contribution is 2.48. The van der Waals surface area contributed by atoms with Crippen LogP contribution in [0.5, 0.6) is 0 Å². The summed E-state index contributed by atoms with van der Waals surface area (Å²) in [5, 5.41) is 10.6. The number of pyridine rings is 1. The van der Waals surface area contributed by atoms with Crippen molar-refractivity contribution in [1.29, 1.82) is 0 Å². The van der Waals surface area contributed by atoms with Gasteiger partial charge in [0.1, 0.15) is 11.5 Å². The van der Waals surface area contributed by atoms with Gasteiger partial charge in [-0.1, -0.05) is 133 Å². The molecule has 0 amide bonds. The third-order valence-corrected chi connectivity index (χ3v) is 14.4. The van der Waals surface area contributed by atoms with Crippen molar-refractivity contribution in [2.45, 2.75) is 24.7 Å². The molecule has 0 saturated heterocycles. The molecule has 4 aromatic heterocycles. The van der Waals surface area contributed by atoms with E-state index in [2.05, 4.69) is 197 Å². The van der Waals surface area contributed by atoms with Gasteiger partial charge >= 0.3 is 0 Å². The van der Waals surface area contributed by atoms with Crippen molar-refractivity contribution in [1.82, 2.24) is 33.9 Å². The molecular formula is C59H37N7. The summed E-state index contributed by atoms with van der Waals surface area (Å²) in [6.07, 6.45) is 6.91. The van der Waals surface area contributed by atoms with Gasteiger partial charge in [0.05, 0.1) is 33.3 Å². The number of fused-ring (bicyclic) bond motifs is 22. The third kappa shape index (κ3) is 5.05. The molecule has 9 aromatic carbocycles. The Morgan fingerprint density at radius 1 is 0.409 bits per heavy atom. The van der Waals surface area contributed by atoms with Gasteiger partial charge in [-0.3, -0.25) is 8.97 Å². The van der Waals surface area contributed by atoms with Crippen LogP contribution in [-0.2, 0) is 0 Å². The lowest BCUT2D eigenvalue weighted by Crippen LogP contribution is -2.23. The number of benzene rings is 9. The zero-order chi connectivity index (χ0) is 43.0. The van der Waals surface area contributed by atoms with Crippen LogP contribution in [-0.4, -0.2) is 33.9 Å². The average molecular weight is 844 g/mol. The van der Waals surface area contributed by atoms with Crippen molar-refractivity contribution in [3.8, 4) is 39.9 Å². The molecule has 0 saturated carbocycles. The quantitative estimate of drug-likeness (QED) is 0.131. The summed E-state index contributed by atoms with van der Waals surface area (Å²) in [7, 11) is 0. The maximum Gasteiger partial charge on any atom is 0.164 e. The lowest BCUT2D eigenvalue weighted by Gasteiger charge is -2.34. The zero-order valence-electron chi connectivity index (χ0n) is 35.6. The summed E-state index contributed by atoms with van der Waals surface area (Å²) in [5.41, 5.74) is 11.4. The van der Waals surface area contributed by atoms with Gasteiger partial charge in [0, 0.05) is 33.4 Å². The van der Waals surface area contributed by atoms with Crippen LogP contribution in [0.25, 0.3) is 122 Å². The van der Waals surface area contributed by atoms with Crippen LogP contribution in [0.15, 0.2) is 188 Å². The van der Waals surface area contributed by atoms with Gasteiger partial charge in [0.25, 0.3) is 0 Å². The van der Waals surface area contributed by atoms with E-state index in [4.69, 9.17) is 24.9 Å². The number of nitrogens with zero attached hydrogens (tertiary/aromatic N) is 7. The second kappa shape index (κ2) is 13.5. The second-order valence-electron chi connectivity index (χ2n) is 17.9. The van der Waals surface area contributed by atoms with Crippen molar-refractivity contribution in [2.75, 3.05) is 0 Å². The summed E-state index contributed by atoms with van der Waals surface area (Å²) >= 11 is 0. The van der Waals surface area contributed by atoms with Gasteiger partial charge in [0.2, 0.25) is 0 Å². The Labute approximate surface area is 378 Å². The molecule has 5 heterocycles. The van der Waals surface area contributed by atoms with Crippen molar-refractivity contribution in [3.05, 3.63) is 199 Å². The van der Waals surface area contributed by atoms with E-state index < -0.39 is 0 Å². The molecule has 7 heteroatoms. The molecule has 0 fully saturated rings. The zero-order valence-corrected chi connectivity index (χ0v) is 35.6. The minimum atomic E-state index is 0.227. The van der Waals surface area contributed by atoms with Crippen LogP contribution in [0.1, 0.15) is 36.1 Å². The van der Waals surface area contributed by atoms with Gasteiger partial charge in [-0.05, 0) is 117 Å². The molecule has 2 unspecified atom stereocenters. The molecule has 0 radical (unpaired) electrons. The summed E-state index contributed by atoms with van der Waals surface area (Å²) in [4.78, 5) is 26.6. The van der Waals surface area contributed by atoms with E-state index in [1.165, 1.54) is 38.2 Å². The van der Waals surface area contributed by atoms with Gasteiger partial charge in [-0.2, -0.15) is 0 Å². The minimum Gasteiger partial charge on any atom is -0.295 e. The number of para-hydroxylation sites is 4. The summed E-state index contributed by atoms with van der Waals surface area (Å²) in [6, 6.07) is 62.9. The van der Waals surface area contributed by atoms with Crippen LogP contribution in [0.3, 0.4) is 0 Å². The largest absolute Gasteiger partial charge is 0.295 e. The number of hydrogen-bond donors (Lipinski definition) is 0. The van der Waals surface area contributed by atoms with E-state index in [-0.39, 0.29) is 5.92 Å². The smallest absolute Gasteiger partial charge is 0.164 e. The first kappa shape index (κ1) is 35.9. The molecule has 0 bridgehead atoms. The molecule has 7 nitrogen and oxygen atoms in total. The first-order chi connectivity index (χ1) is 32.7. The molecule has 0 N–H and O–H groups in total. The topological polar surface area (TPSA) is 73.8 Å². The van der Waals surface area contributed by atoms with E-state index in [1.54, 1.807) is 0 Å².